The van der Waals surface area contributed by atoms with E-state index in [-0.39, 0.29) is 6.79 Å². The van der Waals surface area contributed by atoms with Crippen molar-refractivity contribution in [2.75, 3.05) is 13.9 Å². The first-order valence-electron chi connectivity index (χ1n) is 4.72. The highest BCUT2D eigenvalue weighted by Gasteiger charge is 2.06. The van der Waals surface area contributed by atoms with E-state index in [1.165, 1.54) is 0 Å². The van der Waals surface area contributed by atoms with Crippen LogP contribution < -0.4 is 4.74 Å². The highest BCUT2D eigenvalue weighted by Crippen LogP contribution is 2.34. The molecule has 0 N–H and O–H groups in total. The molecule has 0 saturated heterocycles. The molecule has 0 aliphatic heterocycles. The van der Waals surface area contributed by atoms with Gasteiger partial charge in [0.15, 0.2) is 6.79 Å². The lowest BCUT2D eigenvalue weighted by Crippen LogP contribution is -1.99. The van der Waals surface area contributed by atoms with Gasteiger partial charge in [-0.25, -0.2) is 0 Å². The minimum absolute atomic E-state index is 0.234. The van der Waals surface area contributed by atoms with Crippen LogP contribution in [0.15, 0.2) is 34.8 Å². The second kappa shape index (κ2) is 5.04. The smallest absolute Gasteiger partial charge is 0.188 e. The van der Waals surface area contributed by atoms with Gasteiger partial charge in [-0.3, -0.25) is 0 Å². The summed E-state index contributed by atoms with van der Waals surface area (Å²) in [5.74, 6) is 0.761. The van der Waals surface area contributed by atoms with Crippen LogP contribution in [-0.4, -0.2) is 13.9 Å². The predicted molar refractivity (Wildman–Crippen MR) is 69.2 cm³/mol. The van der Waals surface area contributed by atoms with Crippen LogP contribution in [0, 0.1) is 0 Å². The highest BCUT2D eigenvalue weighted by molar-refractivity contribution is 9.10. The second-order valence-electron chi connectivity index (χ2n) is 3.29. The first-order chi connectivity index (χ1) is 7.72. The van der Waals surface area contributed by atoms with Gasteiger partial charge in [-0.05, 0) is 44.9 Å². The molecule has 4 heteroatoms. The van der Waals surface area contributed by atoms with Gasteiger partial charge < -0.3 is 9.47 Å². The Labute approximate surface area is 107 Å². The zero-order chi connectivity index (χ0) is 11.5. The number of fused-ring (bicyclic) bond motifs is 1. The third-order valence-electron chi connectivity index (χ3n) is 2.21. The van der Waals surface area contributed by atoms with E-state index < -0.39 is 0 Å². The van der Waals surface area contributed by atoms with Crippen LogP contribution in [0.1, 0.15) is 0 Å². The Morgan fingerprint density at radius 3 is 2.81 bits per heavy atom. The maximum absolute atomic E-state index is 5.93. The summed E-state index contributed by atoms with van der Waals surface area (Å²) < 4.78 is 11.2. The summed E-state index contributed by atoms with van der Waals surface area (Å²) in [6.07, 6.45) is 0. The van der Waals surface area contributed by atoms with Crippen molar-refractivity contribution >= 4 is 38.3 Å². The SMILES string of the molecule is COCOc1ccc2cc(Cl)ccc2c1Br. The lowest BCUT2D eigenvalue weighted by Gasteiger charge is -2.09. The molecule has 84 valence electrons. The van der Waals surface area contributed by atoms with Crippen molar-refractivity contribution in [3.8, 4) is 5.75 Å². The van der Waals surface area contributed by atoms with E-state index in [1.54, 1.807) is 7.11 Å². The third-order valence-corrected chi connectivity index (χ3v) is 3.27. The molecule has 0 unspecified atom stereocenters. The molecule has 0 spiro atoms. The van der Waals surface area contributed by atoms with Crippen molar-refractivity contribution in [2.24, 2.45) is 0 Å². The second-order valence-corrected chi connectivity index (χ2v) is 4.52. The Hall–Kier alpha value is -0.770. The summed E-state index contributed by atoms with van der Waals surface area (Å²) >= 11 is 9.44. The maximum atomic E-state index is 5.93. The lowest BCUT2D eigenvalue weighted by molar-refractivity contribution is 0.0507. The molecule has 2 aromatic carbocycles. The average molecular weight is 302 g/mol. The summed E-state index contributed by atoms with van der Waals surface area (Å²) in [5, 5.41) is 2.87. The van der Waals surface area contributed by atoms with E-state index in [9.17, 15) is 0 Å². The van der Waals surface area contributed by atoms with Crippen LogP contribution in [0.5, 0.6) is 5.75 Å². The molecule has 0 amide bonds. The number of halogens is 2. The number of hydrogen-bond donors (Lipinski definition) is 0. The summed E-state index contributed by atoms with van der Waals surface area (Å²) in [5.41, 5.74) is 0. The number of hydrogen-bond acceptors (Lipinski definition) is 2. The molecule has 16 heavy (non-hydrogen) atoms. The molecule has 0 aliphatic carbocycles. The van der Waals surface area contributed by atoms with Gasteiger partial charge in [-0.1, -0.05) is 23.7 Å². The van der Waals surface area contributed by atoms with E-state index in [1.807, 2.05) is 30.3 Å². The van der Waals surface area contributed by atoms with Crippen molar-refractivity contribution in [1.29, 1.82) is 0 Å². The van der Waals surface area contributed by atoms with Crippen molar-refractivity contribution in [1.82, 2.24) is 0 Å². The summed E-state index contributed by atoms with van der Waals surface area (Å²) in [6, 6.07) is 9.59. The van der Waals surface area contributed by atoms with Crippen LogP contribution >= 0.6 is 27.5 Å². The van der Waals surface area contributed by atoms with Gasteiger partial charge >= 0.3 is 0 Å². The van der Waals surface area contributed by atoms with E-state index in [0.717, 1.165) is 26.0 Å². The molecular weight excluding hydrogens is 291 g/mol. The molecule has 0 bridgehead atoms. The van der Waals surface area contributed by atoms with Crippen molar-refractivity contribution in [3.63, 3.8) is 0 Å². The van der Waals surface area contributed by atoms with Gasteiger partial charge in [0.25, 0.3) is 0 Å². The number of methoxy groups -OCH3 is 1. The Bertz CT molecular complexity index is 514. The maximum Gasteiger partial charge on any atom is 0.188 e. The molecule has 0 aromatic heterocycles. The van der Waals surface area contributed by atoms with E-state index in [2.05, 4.69) is 15.9 Å². The van der Waals surface area contributed by atoms with Crippen molar-refractivity contribution < 1.29 is 9.47 Å². The number of rotatable bonds is 3. The predicted octanol–water partition coefficient (Wildman–Crippen LogP) is 4.24. The zero-order valence-electron chi connectivity index (χ0n) is 8.67. The Kier molecular flexibility index (Phi) is 3.69. The molecule has 0 fully saturated rings. The summed E-state index contributed by atoms with van der Waals surface area (Å²) in [6.45, 7) is 0.234. The van der Waals surface area contributed by atoms with Gasteiger partial charge in [0, 0.05) is 12.1 Å². The monoisotopic (exact) mass is 300 g/mol. The van der Waals surface area contributed by atoms with Gasteiger partial charge in [0.05, 0.1) is 4.47 Å². The van der Waals surface area contributed by atoms with Gasteiger partial charge in [-0.2, -0.15) is 0 Å². The Balaban J connectivity index is 2.48. The van der Waals surface area contributed by atoms with E-state index in [4.69, 9.17) is 21.1 Å². The first kappa shape index (κ1) is 11.7. The molecule has 0 atom stereocenters. The average Bonchev–Trinajstić information content (AvgIpc) is 2.28. The number of benzene rings is 2. The van der Waals surface area contributed by atoms with Crippen molar-refractivity contribution in [2.45, 2.75) is 0 Å². The molecule has 2 aromatic rings. The molecule has 0 saturated carbocycles. The fourth-order valence-electron chi connectivity index (χ4n) is 1.48. The van der Waals surface area contributed by atoms with Crippen LogP contribution in [0.25, 0.3) is 10.8 Å². The summed E-state index contributed by atoms with van der Waals surface area (Å²) in [7, 11) is 1.59. The zero-order valence-corrected chi connectivity index (χ0v) is 11.0. The molecule has 0 radical (unpaired) electrons. The van der Waals surface area contributed by atoms with Crippen LogP contribution in [0.3, 0.4) is 0 Å². The largest absolute Gasteiger partial charge is 0.466 e. The van der Waals surface area contributed by atoms with Gasteiger partial charge in [-0.15, -0.1) is 0 Å². The first-order valence-corrected chi connectivity index (χ1v) is 5.89. The summed E-state index contributed by atoms with van der Waals surface area (Å²) in [4.78, 5) is 0. The molecule has 2 rings (SSSR count). The van der Waals surface area contributed by atoms with Gasteiger partial charge in [0.1, 0.15) is 5.75 Å². The lowest BCUT2D eigenvalue weighted by atomic mass is 10.1. The van der Waals surface area contributed by atoms with Gasteiger partial charge in [0.2, 0.25) is 0 Å². The standard InChI is InChI=1S/C12H10BrClO2/c1-15-7-16-11-5-2-8-6-9(14)3-4-10(8)12(11)13/h2-6H,7H2,1H3. The van der Waals surface area contributed by atoms with Crippen LogP contribution in [-0.2, 0) is 4.74 Å². The normalized spacial score (nSPS) is 10.7. The highest BCUT2D eigenvalue weighted by atomic mass is 79.9. The molecule has 0 heterocycles. The van der Waals surface area contributed by atoms with Crippen molar-refractivity contribution in [3.05, 3.63) is 39.8 Å². The number of ether oxygens (including phenoxy) is 2. The quantitative estimate of drug-likeness (QED) is 0.790. The molecular formula is C12H10BrClO2. The fourth-order valence-corrected chi connectivity index (χ4v) is 2.26. The Morgan fingerprint density at radius 2 is 2.06 bits per heavy atom. The minimum Gasteiger partial charge on any atom is -0.466 e. The Morgan fingerprint density at radius 1 is 1.25 bits per heavy atom. The molecule has 2 nitrogen and oxygen atoms in total. The van der Waals surface area contributed by atoms with Crippen LogP contribution in [0.2, 0.25) is 5.02 Å². The van der Waals surface area contributed by atoms with E-state index >= 15 is 0 Å². The topological polar surface area (TPSA) is 18.5 Å². The third kappa shape index (κ3) is 2.32. The van der Waals surface area contributed by atoms with E-state index in [0.29, 0.717) is 0 Å². The van der Waals surface area contributed by atoms with Crippen LogP contribution in [0.4, 0.5) is 0 Å². The fraction of sp³-hybridized carbons (Fsp3) is 0.167. The minimum atomic E-state index is 0.234. The molecule has 0 aliphatic rings.